The van der Waals surface area contributed by atoms with Gasteiger partial charge in [-0.05, 0) is 62.7 Å². The van der Waals surface area contributed by atoms with Crippen LogP contribution < -0.4 is 10.6 Å². The molecule has 2 amide bonds. The minimum absolute atomic E-state index is 0.0506. The molecule has 1 aliphatic heterocycles. The van der Waals surface area contributed by atoms with Crippen molar-refractivity contribution in [2.24, 2.45) is 5.92 Å². The molecule has 0 atom stereocenters. The predicted molar refractivity (Wildman–Crippen MR) is 112 cm³/mol. The third-order valence-electron chi connectivity index (χ3n) is 4.70. The van der Waals surface area contributed by atoms with E-state index < -0.39 is 0 Å². The number of amides is 2. The molecule has 3 rings (SSSR count). The fraction of sp³-hybridized carbons (Fsp3) is 0.350. The Balaban J connectivity index is 1.45. The summed E-state index contributed by atoms with van der Waals surface area (Å²) in [6, 6.07) is 8.89. The maximum absolute atomic E-state index is 12.4. The van der Waals surface area contributed by atoms with Gasteiger partial charge in [0.2, 0.25) is 11.8 Å². The Morgan fingerprint density at radius 1 is 1.14 bits per heavy atom. The van der Waals surface area contributed by atoms with Crippen LogP contribution in [-0.2, 0) is 9.59 Å². The molecule has 1 aromatic carbocycles. The average molecular weight is 421 g/mol. The SMILES string of the molecule is Cc1ccc(NC(=O)CN2CCC(C(=O)Nc3ccc(Cl)cn3)CC2)c(Cl)c1. The number of carbonyl (C=O) groups is 2. The molecule has 8 heteroatoms. The van der Waals surface area contributed by atoms with Gasteiger partial charge in [-0.2, -0.15) is 0 Å². The van der Waals surface area contributed by atoms with Gasteiger partial charge in [0.25, 0.3) is 0 Å². The van der Waals surface area contributed by atoms with Gasteiger partial charge in [-0.15, -0.1) is 0 Å². The number of benzene rings is 1. The Kier molecular flexibility index (Phi) is 6.88. The molecular formula is C20H22Cl2N4O2. The number of pyridine rings is 1. The highest BCUT2D eigenvalue weighted by Crippen LogP contribution is 2.23. The van der Waals surface area contributed by atoms with Gasteiger partial charge in [0.15, 0.2) is 0 Å². The zero-order valence-corrected chi connectivity index (χ0v) is 17.1. The molecule has 1 saturated heterocycles. The lowest BCUT2D eigenvalue weighted by molar-refractivity contribution is -0.121. The lowest BCUT2D eigenvalue weighted by atomic mass is 9.96. The van der Waals surface area contributed by atoms with Crippen molar-refractivity contribution < 1.29 is 9.59 Å². The number of aromatic nitrogens is 1. The van der Waals surface area contributed by atoms with Crippen molar-refractivity contribution in [3.63, 3.8) is 0 Å². The van der Waals surface area contributed by atoms with E-state index in [1.165, 1.54) is 6.20 Å². The molecule has 0 aliphatic carbocycles. The summed E-state index contributed by atoms with van der Waals surface area (Å²) in [4.78, 5) is 30.8. The predicted octanol–water partition coefficient (Wildman–Crippen LogP) is 3.99. The second kappa shape index (κ2) is 9.37. The molecule has 1 aliphatic rings. The standard InChI is InChI=1S/C20H22Cl2N4O2/c1-13-2-4-17(16(22)10-13)24-19(27)12-26-8-6-14(7-9-26)20(28)25-18-5-3-15(21)11-23-18/h2-5,10-11,14H,6-9,12H2,1H3,(H,24,27)(H,23,25,28). The van der Waals surface area contributed by atoms with Gasteiger partial charge < -0.3 is 10.6 Å². The van der Waals surface area contributed by atoms with Crippen LogP contribution in [0.3, 0.4) is 0 Å². The lowest BCUT2D eigenvalue weighted by Crippen LogP contribution is -2.41. The van der Waals surface area contributed by atoms with E-state index in [2.05, 4.69) is 15.6 Å². The number of anilines is 2. The maximum Gasteiger partial charge on any atom is 0.238 e. The highest BCUT2D eigenvalue weighted by Gasteiger charge is 2.26. The van der Waals surface area contributed by atoms with Crippen molar-refractivity contribution in [1.82, 2.24) is 9.88 Å². The second-order valence-electron chi connectivity index (χ2n) is 6.93. The second-order valence-corrected chi connectivity index (χ2v) is 7.78. The van der Waals surface area contributed by atoms with Crippen molar-refractivity contribution in [3.8, 4) is 0 Å². The van der Waals surface area contributed by atoms with Gasteiger partial charge in [0, 0.05) is 12.1 Å². The van der Waals surface area contributed by atoms with E-state index in [4.69, 9.17) is 23.2 Å². The van der Waals surface area contributed by atoms with Crippen LogP contribution in [0.25, 0.3) is 0 Å². The van der Waals surface area contributed by atoms with Crippen LogP contribution >= 0.6 is 23.2 Å². The quantitative estimate of drug-likeness (QED) is 0.766. The van der Waals surface area contributed by atoms with E-state index in [0.29, 0.717) is 47.5 Å². The first-order valence-corrected chi connectivity index (χ1v) is 9.87. The summed E-state index contributed by atoms with van der Waals surface area (Å²) in [7, 11) is 0. The summed E-state index contributed by atoms with van der Waals surface area (Å²) < 4.78 is 0. The normalized spacial score (nSPS) is 15.2. The molecule has 2 aromatic rings. The molecule has 148 valence electrons. The van der Waals surface area contributed by atoms with Gasteiger partial charge >= 0.3 is 0 Å². The first-order valence-electron chi connectivity index (χ1n) is 9.11. The number of hydrogen-bond donors (Lipinski definition) is 2. The third kappa shape index (κ3) is 5.67. The topological polar surface area (TPSA) is 74.3 Å². The zero-order chi connectivity index (χ0) is 20.1. The van der Waals surface area contributed by atoms with E-state index in [1.54, 1.807) is 18.2 Å². The average Bonchev–Trinajstić information content (AvgIpc) is 2.66. The molecule has 0 spiro atoms. The summed E-state index contributed by atoms with van der Waals surface area (Å²) in [6.07, 6.45) is 2.88. The first kappa shape index (κ1) is 20.6. The number of nitrogens with zero attached hydrogens (tertiary/aromatic N) is 2. The van der Waals surface area contributed by atoms with E-state index in [1.807, 2.05) is 24.0 Å². The Morgan fingerprint density at radius 3 is 2.54 bits per heavy atom. The monoisotopic (exact) mass is 420 g/mol. The molecule has 1 aromatic heterocycles. The molecule has 28 heavy (non-hydrogen) atoms. The number of halogens is 2. The number of carbonyl (C=O) groups excluding carboxylic acids is 2. The lowest BCUT2D eigenvalue weighted by Gasteiger charge is -2.30. The summed E-state index contributed by atoms with van der Waals surface area (Å²) in [5.41, 5.74) is 1.65. The summed E-state index contributed by atoms with van der Waals surface area (Å²) in [5, 5.41) is 6.71. The van der Waals surface area contributed by atoms with Crippen LogP contribution in [0.1, 0.15) is 18.4 Å². The van der Waals surface area contributed by atoms with Crippen molar-refractivity contribution in [2.45, 2.75) is 19.8 Å². The molecule has 2 heterocycles. The van der Waals surface area contributed by atoms with Gasteiger partial charge in [-0.3, -0.25) is 14.5 Å². The number of rotatable bonds is 5. The summed E-state index contributed by atoms with van der Waals surface area (Å²) in [6.45, 7) is 3.58. The fourth-order valence-corrected chi connectivity index (χ4v) is 3.54. The van der Waals surface area contributed by atoms with E-state index in [-0.39, 0.29) is 24.3 Å². The van der Waals surface area contributed by atoms with Crippen molar-refractivity contribution in [1.29, 1.82) is 0 Å². The van der Waals surface area contributed by atoms with Crippen molar-refractivity contribution >= 4 is 46.5 Å². The van der Waals surface area contributed by atoms with Crippen LogP contribution in [0.5, 0.6) is 0 Å². The summed E-state index contributed by atoms with van der Waals surface area (Å²) in [5.74, 6) is 0.235. The first-order chi connectivity index (χ1) is 13.4. The Hall–Kier alpha value is -2.15. The maximum atomic E-state index is 12.4. The minimum atomic E-state index is -0.112. The minimum Gasteiger partial charge on any atom is -0.324 e. The summed E-state index contributed by atoms with van der Waals surface area (Å²) >= 11 is 12.0. The number of nitrogens with one attached hydrogen (secondary N) is 2. The number of piperidine rings is 1. The number of likely N-dealkylation sites (tertiary alicyclic amines) is 1. The Morgan fingerprint density at radius 2 is 1.89 bits per heavy atom. The highest BCUT2D eigenvalue weighted by atomic mass is 35.5. The molecule has 0 unspecified atom stereocenters. The van der Waals surface area contributed by atoms with Crippen molar-refractivity contribution in [2.75, 3.05) is 30.3 Å². The number of hydrogen-bond acceptors (Lipinski definition) is 4. The van der Waals surface area contributed by atoms with Crippen LogP contribution in [0.2, 0.25) is 10.0 Å². The molecule has 0 saturated carbocycles. The molecule has 1 fully saturated rings. The molecular weight excluding hydrogens is 399 g/mol. The van der Waals surface area contributed by atoms with Crippen LogP contribution in [0.4, 0.5) is 11.5 Å². The van der Waals surface area contributed by atoms with Crippen molar-refractivity contribution in [3.05, 3.63) is 52.1 Å². The molecule has 2 N–H and O–H groups in total. The Bertz CT molecular complexity index is 850. The van der Waals surface area contributed by atoms with E-state index in [0.717, 1.165) is 5.56 Å². The van der Waals surface area contributed by atoms with E-state index >= 15 is 0 Å². The van der Waals surface area contributed by atoms with Gasteiger partial charge in [0.1, 0.15) is 5.82 Å². The highest BCUT2D eigenvalue weighted by molar-refractivity contribution is 6.33. The molecule has 0 radical (unpaired) electrons. The van der Waals surface area contributed by atoms with Gasteiger partial charge in [0.05, 0.1) is 22.3 Å². The van der Waals surface area contributed by atoms with Crippen LogP contribution in [0.15, 0.2) is 36.5 Å². The van der Waals surface area contributed by atoms with Crippen LogP contribution in [0, 0.1) is 12.8 Å². The van der Waals surface area contributed by atoms with E-state index in [9.17, 15) is 9.59 Å². The molecule has 0 bridgehead atoms. The van der Waals surface area contributed by atoms with Crippen LogP contribution in [-0.4, -0.2) is 41.3 Å². The number of aryl methyl sites for hydroxylation is 1. The zero-order valence-electron chi connectivity index (χ0n) is 15.5. The largest absolute Gasteiger partial charge is 0.324 e. The molecule has 6 nitrogen and oxygen atoms in total. The third-order valence-corrected chi connectivity index (χ3v) is 5.24. The van der Waals surface area contributed by atoms with Gasteiger partial charge in [-0.25, -0.2) is 4.98 Å². The van der Waals surface area contributed by atoms with Gasteiger partial charge in [-0.1, -0.05) is 29.3 Å². The smallest absolute Gasteiger partial charge is 0.238 e. The Labute approximate surface area is 174 Å². The fourth-order valence-electron chi connectivity index (χ4n) is 3.15.